The molecule has 0 bridgehead atoms. The Balaban J connectivity index is 0. The third-order valence-electron chi connectivity index (χ3n) is 11.9. The van der Waals surface area contributed by atoms with Crippen LogP contribution in [0.3, 0.4) is 0 Å². The Bertz CT molecular complexity index is 2580. The van der Waals surface area contributed by atoms with Crippen LogP contribution in [0.15, 0.2) is 133 Å². The molecule has 7 heteroatoms. The lowest BCUT2D eigenvalue weighted by Crippen LogP contribution is -2.11. The average Bonchev–Trinajstić information content (AvgIpc) is 3.26. The fourth-order valence-electron chi connectivity index (χ4n) is 6.74. The van der Waals surface area contributed by atoms with Gasteiger partial charge >= 0.3 is 0 Å². The van der Waals surface area contributed by atoms with Gasteiger partial charge in [0.15, 0.2) is 0 Å². The Hall–Kier alpha value is -5.68. The molecule has 0 heterocycles. The van der Waals surface area contributed by atoms with E-state index in [4.69, 9.17) is 21.9 Å². The third-order valence-corrected chi connectivity index (χ3v) is 12.1. The molecule has 0 amide bonds. The number of nitrogens with zero attached hydrogens (tertiary/aromatic N) is 3. The van der Waals surface area contributed by atoms with Crippen LogP contribution in [0, 0.1) is 27.7 Å². The number of hydrogen-bond donors (Lipinski definition) is 2. The molecule has 0 spiro atoms. The molecule has 0 aliphatic heterocycles. The van der Waals surface area contributed by atoms with Gasteiger partial charge in [0.2, 0.25) is 0 Å². The maximum absolute atomic E-state index is 9.60. The van der Waals surface area contributed by atoms with E-state index in [0.29, 0.717) is 17.2 Å². The number of methoxy groups -OCH3 is 1. The summed E-state index contributed by atoms with van der Waals surface area (Å²) < 4.78 is 5.08. The van der Waals surface area contributed by atoms with E-state index >= 15 is 0 Å². The van der Waals surface area contributed by atoms with Crippen molar-refractivity contribution >= 4 is 17.3 Å². The van der Waals surface area contributed by atoms with E-state index in [1.54, 1.807) is 13.2 Å². The Labute approximate surface area is 457 Å². The standard InChI is InChI=1S/C12H18O.2C11H16O.C11H16.C10H13Cl.C10H13N3.2CH4/c1-8-6-10(12(3,4)5)7-9(2)11(8)13;1-11(2,3)9-5-7-10(12-4)8-6-9;1-8-7-9(11(2,3)4)5-6-10(8)12;1-9-6-5-7-10(8-9)11(2,3)4;1-10(2,3)8-4-6-9(11)7-5-8;1-10(2,3)8-4-6-9(7-5-8)12-13-11;;/h6-7,13H,1-5H3;5-8H,1-4H3;5-7,12H,1-4H3;5-8H,1-4H3;4-7H,1-3H3;4-7H,1-3H3;2*1H4. The Morgan fingerprint density at radius 1 is 0.432 bits per heavy atom. The Kier molecular flexibility index (Phi) is 28.6. The molecule has 0 aliphatic carbocycles. The summed E-state index contributed by atoms with van der Waals surface area (Å²) in [7, 11) is 1.69. The summed E-state index contributed by atoms with van der Waals surface area (Å²) in [5, 5.41) is 23.2. The van der Waals surface area contributed by atoms with E-state index in [0.717, 1.165) is 27.5 Å². The molecule has 0 aromatic heterocycles. The van der Waals surface area contributed by atoms with Crippen molar-refractivity contribution in [1.29, 1.82) is 0 Å². The lowest BCUT2D eigenvalue weighted by atomic mass is 9.85. The van der Waals surface area contributed by atoms with Crippen molar-refractivity contribution < 1.29 is 14.9 Å². The highest BCUT2D eigenvalue weighted by molar-refractivity contribution is 6.30. The van der Waals surface area contributed by atoms with Crippen molar-refractivity contribution in [2.75, 3.05) is 7.11 Å². The molecule has 2 N–H and O–H groups in total. The van der Waals surface area contributed by atoms with Gasteiger partial charge in [0.25, 0.3) is 0 Å². The summed E-state index contributed by atoms with van der Waals surface area (Å²) in [5.74, 6) is 1.72. The number of halogens is 1. The van der Waals surface area contributed by atoms with E-state index in [-0.39, 0.29) is 47.3 Å². The maximum atomic E-state index is 9.60. The number of benzene rings is 6. The van der Waals surface area contributed by atoms with Crippen molar-refractivity contribution in [3.63, 3.8) is 0 Å². The number of phenolic OH excluding ortho intramolecular Hbond substituents is 2. The van der Waals surface area contributed by atoms with Crippen molar-refractivity contribution in [3.05, 3.63) is 198 Å². The Morgan fingerprint density at radius 2 is 0.770 bits per heavy atom. The highest BCUT2D eigenvalue weighted by atomic mass is 35.5. The van der Waals surface area contributed by atoms with Gasteiger partial charge in [0.1, 0.15) is 17.2 Å². The molecule has 6 nitrogen and oxygen atoms in total. The van der Waals surface area contributed by atoms with Crippen LogP contribution in [0.5, 0.6) is 17.2 Å². The summed E-state index contributed by atoms with van der Waals surface area (Å²) in [4.78, 5) is 2.72. The molecule has 0 unspecified atom stereocenters. The summed E-state index contributed by atoms with van der Waals surface area (Å²) in [6.45, 7) is 47.3. The first-order valence-corrected chi connectivity index (χ1v) is 25.4. The van der Waals surface area contributed by atoms with Crippen molar-refractivity contribution in [2.45, 2.75) is 200 Å². The second-order valence-electron chi connectivity index (χ2n) is 24.8. The van der Waals surface area contributed by atoms with Crippen LogP contribution in [0.25, 0.3) is 10.4 Å². The molecule has 6 aromatic carbocycles. The van der Waals surface area contributed by atoms with Gasteiger partial charge < -0.3 is 14.9 Å². The number of phenols is 2. The van der Waals surface area contributed by atoms with Crippen LogP contribution in [-0.2, 0) is 32.5 Å². The number of aryl methyl sites for hydroxylation is 4. The molecule has 0 saturated heterocycles. The lowest BCUT2D eigenvalue weighted by Gasteiger charge is -2.20. The average molecular weight is 1030 g/mol. The van der Waals surface area contributed by atoms with Gasteiger partial charge in [-0.25, -0.2) is 0 Å². The second-order valence-corrected chi connectivity index (χ2v) is 25.2. The molecule has 6 aromatic rings. The quantitative estimate of drug-likeness (QED) is 0.103. The van der Waals surface area contributed by atoms with E-state index in [1.165, 1.54) is 38.9 Å². The monoisotopic (exact) mass is 1030 g/mol. The summed E-state index contributed by atoms with van der Waals surface area (Å²) >= 11 is 5.76. The predicted molar refractivity (Wildman–Crippen MR) is 327 cm³/mol. The lowest BCUT2D eigenvalue weighted by molar-refractivity contribution is 0.414. The zero-order valence-electron chi connectivity index (χ0n) is 48.6. The van der Waals surface area contributed by atoms with Gasteiger partial charge in [-0.15, -0.1) is 0 Å². The van der Waals surface area contributed by atoms with E-state index in [2.05, 4.69) is 202 Å². The van der Waals surface area contributed by atoms with E-state index in [1.807, 2.05) is 81.4 Å². The minimum Gasteiger partial charge on any atom is -0.508 e. The van der Waals surface area contributed by atoms with Crippen molar-refractivity contribution in [1.82, 2.24) is 0 Å². The van der Waals surface area contributed by atoms with Crippen molar-refractivity contribution in [3.8, 4) is 17.2 Å². The highest BCUT2D eigenvalue weighted by Gasteiger charge is 2.18. The number of aromatic hydroxyl groups is 2. The molecule has 74 heavy (non-hydrogen) atoms. The molecule has 6 rings (SSSR count). The zero-order valence-corrected chi connectivity index (χ0v) is 49.4. The van der Waals surface area contributed by atoms with Crippen LogP contribution in [0.2, 0.25) is 5.02 Å². The Morgan fingerprint density at radius 3 is 1.09 bits per heavy atom. The van der Waals surface area contributed by atoms with Crippen LogP contribution < -0.4 is 4.74 Å². The molecule has 408 valence electrons. The third kappa shape index (κ3) is 26.0. The smallest absolute Gasteiger partial charge is 0.121 e. The predicted octanol–water partition coefficient (Wildman–Crippen LogP) is 21.4. The highest BCUT2D eigenvalue weighted by Crippen LogP contribution is 2.31. The number of hydrogen-bond acceptors (Lipinski definition) is 4. The van der Waals surface area contributed by atoms with Gasteiger partial charge in [-0.2, -0.15) is 0 Å². The first kappa shape index (κ1) is 70.4. The first-order chi connectivity index (χ1) is 32.8. The maximum Gasteiger partial charge on any atom is 0.121 e. The summed E-state index contributed by atoms with van der Waals surface area (Å²) in [5.41, 5.74) is 22.1. The van der Waals surface area contributed by atoms with E-state index in [9.17, 15) is 10.2 Å². The second kappa shape index (κ2) is 30.0. The van der Waals surface area contributed by atoms with Gasteiger partial charge in [0, 0.05) is 15.6 Å². The fraction of sp³-hybridized carbons (Fsp3) is 0.463. The molecular weight excluding hydrogens is 930 g/mol. The van der Waals surface area contributed by atoms with Gasteiger partial charge in [-0.05, 0) is 146 Å². The van der Waals surface area contributed by atoms with Gasteiger partial charge in [-0.1, -0.05) is 259 Å². The molecule has 0 aliphatic rings. The normalized spacial score (nSPS) is 11.1. The number of ether oxygens (including phenoxy) is 1. The van der Waals surface area contributed by atoms with Gasteiger partial charge in [0.05, 0.1) is 7.11 Å². The molecular formula is C67H100ClN3O3. The molecule has 0 saturated carbocycles. The van der Waals surface area contributed by atoms with Crippen LogP contribution in [0.1, 0.15) is 195 Å². The van der Waals surface area contributed by atoms with Crippen LogP contribution >= 0.6 is 11.6 Å². The number of rotatable bonds is 2. The molecule has 0 radical (unpaired) electrons. The largest absolute Gasteiger partial charge is 0.508 e. The molecule has 0 atom stereocenters. The van der Waals surface area contributed by atoms with Gasteiger partial charge in [-0.3, -0.25) is 0 Å². The van der Waals surface area contributed by atoms with Crippen LogP contribution in [-0.4, -0.2) is 17.3 Å². The minimum absolute atomic E-state index is 0. The minimum atomic E-state index is 0. The van der Waals surface area contributed by atoms with Crippen molar-refractivity contribution in [2.24, 2.45) is 5.11 Å². The first-order valence-electron chi connectivity index (χ1n) is 25.1. The van der Waals surface area contributed by atoms with Crippen LogP contribution in [0.4, 0.5) is 5.69 Å². The topological polar surface area (TPSA) is 98.5 Å². The fourth-order valence-corrected chi connectivity index (χ4v) is 6.87. The SMILES string of the molecule is C.C.CC(C)(C)c1ccc(Cl)cc1.CC(C)(C)c1ccc(N=[N+]=[N-])cc1.COc1ccc(C(C)(C)C)cc1.Cc1cc(C(C)(C)C)cc(C)c1O.Cc1cc(C(C)(C)C)ccc1O.Cc1cccc(C(C)(C)C)c1. The summed E-state index contributed by atoms with van der Waals surface area (Å²) in [6, 6.07) is 42.5. The summed E-state index contributed by atoms with van der Waals surface area (Å²) in [6.07, 6.45) is 0. The number of azide groups is 1. The van der Waals surface area contributed by atoms with E-state index < -0.39 is 0 Å². The zero-order chi connectivity index (χ0) is 55.6. The molecule has 0 fully saturated rings.